The van der Waals surface area contributed by atoms with Gasteiger partial charge >= 0.3 is 0 Å². The molecule has 112 valence electrons. The first kappa shape index (κ1) is 15.7. The van der Waals surface area contributed by atoms with Crippen LogP contribution >= 0.6 is 22.0 Å². The molecule has 1 aromatic heterocycles. The normalized spacial score (nSPS) is 20.7. The van der Waals surface area contributed by atoms with Crippen molar-refractivity contribution in [3.8, 4) is 0 Å². The third-order valence-corrected chi connectivity index (χ3v) is 5.55. The zero-order valence-electron chi connectivity index (χ0n) is 11.5. The van der Waals surface area contributed by atoms with Gasteiger partial charge in [0.05, 0.1) is 5.75 Å². The van der Waals surface area contributed by atoms with Crippen LogP contribution in [0.3, 0.4) is 0 Å². The van der Waals surface area contributed by atoms with Crippen molar-refractivity contribution in [2.24, 2.45) is 5.92 Å². The van der Waals surface area contributed by atoms with Gasteiger partial charge in [-0.3, -0.25) is 9.69 Å². The van der Waals surface area contributed by atoms with Crippen molar-refractivity contribution in [3.63, 3.8) is 0 Å². The molecule has 2 heterocycles. The molecular weight excluding hydrogens is 322 g/mol. The van der Waals surface area contributed by atoms with Crippen LogP contribution in [-0.4, -0.2) is 36.8 Å². The summed E-state index contributed by atoms with van der Waals surface area (Å²) in [6, 6.07) is 0. The highest BCUT2D eigenvalue weighted by Crippen LogP contribution is 2.33. The Kier molecular flexibility index (Phi) is 4.10. The summed E-state index contributed by atoms with van der Waals surface area (Å²) in [5, 5.41) is 9.50. The van der Waals surface area contributed by atoms with E-state index in [-0.39, 0.29) is 29.4 Å². The Morgan fingerprint density at radius 2 is 2.05 bits per heavy atom. The topological polar surface area (TPSA) is 80.2 Å². The van der Waals surface area contributed by atoms with E-state index in [4.69, 9.17) is 10.7 Å². The minimum absolute atomic E-state index is 0.127. The quantitative estimate of drug-likeness (QED) is 0.785. The summed E-state index contributed by atoms with van der Waals surface area (Å²) in [5.41, 5.74) is -0.127. The maximum absolute atomic E-state index is 12.0. The van der Waals surface area contributed by atoms with Crippen molar-refractivity contribution in [1.29, 1.82) is 0 Å². The summed E-state index contributed by atoms with van der Waals surface area (Å²) in [6.07, 6.45) is 0.177. The second-order valence-electron chi connectivity index (χ2n) is 5.92. The molecule has 0 bridgehead atoms. The molecule has 0 saturated carbocycles. The first-order valence-corrected chi connectivity index (χ1v) is 9.42. The lowest BCUT2D eigenvalue weighted by Crippen LogP contribution is -2.25. The van der Waals surface area contributed by atoms with E-state index in [9.17, 15) is 13.2 Å². The van der Waals surface area contributed by atoms with Crippen molar-refractivity contribution in [3.05, 3.63) is 5.01 Å². The summed E-state index contributed by atoms with van der Waals surface area (Å²) in [7, 11) is 1.64. The van der Waals surface area contributed by atoms with Gasteiger partial charge in [-0.1, -0.05) is 32.1 Å². The van der Waals surface area contributed by atoms with Crippen LogP contribution in [-0.2, 0) is 19.3 Å². The number of rotatable bonds is 3. The number of halogens is 1. The molecule has 2 rings (SSSR count). The lowest BCUT2D eigenvalue weighted by Gasteiger charge is -2.13. The Morgan fingerprint density at radius 1 is 1.40 bits per heavy atom. The number of nitrogens with zero attached hydrogens (tertiary/aromatic N) is 3. The molecule has 9 heteroatoms. The third-order valence-electron chi connectivity index (χ3n) is 2.93. The maximum atomic E-state index is 12.0. The van der Waals surface area contributed by atoms with E-state index < -0.39 is 9.05 Å². The number of anilines is 1. The van der Waals surface area contributed by atoms with E-state index in [2.05, 4.69) is 10.2 Å². The van der Waals surface area contributed by atoms with Gasteiger partial charge in [0.2, 0.25) is 20.1 Å². The van der Waals surface area contributed by atoms with E-state index in [1.54, 1.807) is 0 Å². The highest BCUT2D eigenvalue weighted by Gasteiger charge is 2.35. The average molecular weight is 338 g/mol. The molecule has 1 aromatic rings. The molecule has 0 spiro atoms. The van der Waals surface area contributed by atoms with Gasteiger partial charge in [0.25, 0.3) is 0 Å². The summed E-state index contributed by atoms with van der Waals surface area (Å²) >= 11 is 1.36. The number of carbonyl (C=O) groups excluding carboxylic acids is 1. The Hall–Kier alpha value is -0.730. The molecule has 0 N–H and O–H groups in total. The zero-order valence-corrected chi connectivity index (χ0v) is 13.8. The van der Waals surface area contributed by atoms with Gasteiger partial charge < -0.3 is 0 Å². The van der Waals surface area contributed by atoms with Crippen LogP contribution in [0.2, 0.25) is 0 Å². The van der Waals surface area contributed by atoms with Crippen LogP contribution in [0.4, 0.5) is 5.13 Å². The predicted octanol–water partition coefficient (Wildman–Crippen LogP) is 1.76. The van der Waals surface area contributed by atoms with Crippen LogP contribution in [0, 0.1) is 5.92 Å². The minimum Gasteiger partial charge on any atom is -0.286 e. The molecule has 20 heavy (non-hydrogen) atoms. The molecule has 1 fully saturated rings. The molecular formula is C11H16ClN3O3S2. The third kappa shape index (κ3) is 3.67. The van der Waals surface area contributed by atoms with E-state index in [0.29, 0.717) is 11.7 Å². The molecule has 1 amide bonds. The first-order valence-electron chi connectivity index (χ1n) is 6.13. The fraction of sp³-hybridized carbons (Fsp3) is 0.727. The van der Waals surface area contributed by atoms with Gasteiger partial charge in [-0.2, -0.15) is 0 Å². The van der Waals surface area contributed by atoms with Crippen LogP contribution in [0.1, 0.15) is 32.2 Å². The number of aromatic nitrogens is 2. The number of carbonyl (C=O) groups is 1. The Labute approximate surface area is 126 Å². The zero-order chi connectivity index (χ0) is 15.1. The highest BCUT2D eigenvalue weighted by atomic mass is 35.7. The fourth-order valence-electron chi connectivity index (χ4n) is 1.99. The van der Waals surface area contributed by atoms with E-state index >= 15 is 0 Å². The summed E-state index contributed by atoms with van der Waals surface area (Å²) in [5.74, 6) is -0.610. The lowest BCUT2D eigenvalue weighted by atomic mass is 9.98. The summed E-state index contributed by atoms with van der Waals surface area (Å²) in [6.45, 7) is 6.38. The Balaban J connectivity index is 2.14. The van der Waals surface area contributed by atoms with Crippen LogP contribution in [0.5, 0.6) is 0 Å². The van der Waals surface area contributed by atoms with Crippen molar-refractivity contribution in [2.75, 3.05) is 17.2 Å². The van der Waals surface area contributed by atoms with Crippen molar-refractivity contribution in [2.45, 2.75) is 32.6 Å². The standard InChI is InChI=1S/C11H16ClN3O3S2/c1-11(2,3)9-13-14-10(19-9)15-5-7(4-8(15)16)6-20(12,17)18/h7H,4-6H2,1-3H3. The molecule has 1 aliphatic heterocycles. The molecule has 1 aliphatic rings. The monoisotopic (exact) mass is 337 g/mol. The van der Waals surface area contributed by atoms with Crippen LogP contribution in [0.15, 0.2) is 0 Å². The SMILES string of the molecule is CC(C)(C)c1nnc(N2CC(CS(=O)(=O)Cl)CC2=O)s1. The van der Waals surface area contributed by atoms with E-state index in [1.807, 2.05) is 20.8 Å². The molecule has 1 atom stereocenters. The van der Waals surface area contributed by atoms with Gasteiger partial charge in [0, 0.05) is 35.0 Å². The van der Waals surface area contributed by atoms with E-state index in [1.165, 1.54) is 16.2 Å². The second kappa shape index (κ2) is 5.23. The maximum Gasteiger partial charge on any atom is 0.232 e. The Morgan fingerprint density at radius 3 is 2.55 bits per heavy atom. The number of hydrogen-bond donors (Lipinski definition) is 0. The van der Waals surface area contributed by atoms with Gasteiger partial charge in [-0.15, -0.1) is 10.2 Å². The average Bonchev–Trinajstić information content (AvgIpc) is 2.81. The first-order chi connectivity index (χ1) is 9.06. The van der Waals surface area contributed by atoms with Gasteiger partial charge in [0.15, 0.2) is 0 Å². The van der Waals surface area contributed by atoms with Crippen molar-refractivity contribution >= 4 is 42.1 Å². The van der Waals surface area contributed by atoms with Crippen molar-refractivity contribution < 1.29 is 13.2 Å². The van der Waals surface area contributed by atoms with Gasteiger partial charge in [0.1, 0.15) is 5.01 Å². The minimum atomic E-state index is -3.59. The van der Waals surface area contributed by atoms with Crippen molar-refractivity contribution in [1.82, 2.24) is 10.2 Å². The number of hydrogen-bond acceptors (Lipinski definition) is 6. The smallest absolute Gasteiger partial charge is 0.232 e. The Bertz CT molecular complexity index is 621. The van der Waals surface area contributed by atoms with Crippen LogP contribution < -0.4 is 4.90 Å². The second-order valence-corrected chi connectivity index (χ2v) is 9.70. The van der Waals surface area contributed by atoms with Gasteiger partial charge in [-0.05, 0) is 0 Å². The molecule has 0 aliphatic carbocycles. The van der Waals surface area contributed by atoms with Gasteiger partial charge in [-0.25, -0.2) is 8.42 Å². The largest absolute Gasteiger partial charge is 0.286 e. The fourth-order valence-corrected chi connectivity index (χ4v) is 4.24. The molecule has 0 aromatic carbocycles. The summed E-state index contributed by atoms with van der Waals surface area (Å²) in [4.78, 5) is 13.5. The highest BCUT2D eigenvalue weighted by molar-refractivity contribution is 8.13. The molecule has 0 radical (unpaired) electrons. The summed E-state index contributed by atoms with van der Waals surface area (Å²) < 4.78 is 22.2. The van der Waals surface area contributed by atoms with Crippen LogP contribution in [0.25, 0.3) is 0 Å². The molecule has 6 nitrogen and oxygen atoms in total. The number of amides is 1. The molecule has 1 saturated heterocycles. The van der Waals surface area contributed by atoms with E-state index in [0.717, 1.165) is 5.01 Å². The predicted molar refractivity (Wildman–Crippen MR) is 78.7 cm³/mol. The lowest BCUT2D eigenvalue weighted by molar-refractivity contribution is -0.117. The molecule has 1 unspecified atom stereocenters.